The standard InChI is InChI=1S/C16H22N4O3S/c1-11(2)24(21,22)14-7-5-4-6-12(14)16-18-15(19-23-16)13-10-17-8-9-20(13)3/h4-7,11,13,17H,8-10H2,1-3H3. The number of benzene rings is 1. The summed E-state index contributed by atoms with van der Waals surface area (Å²) in [5, 5.41) is 6.86. The molecular formula is C16H22N4O3S. The number of nitrogens with zero attached hydrogens (tertiary/aromatic N) is 3. The lowest BCUT2D eigenvalue weighted by Crippen LogP contribution is -2.44. The molecule has 0 spiro atoms. The van der Waals surface area contributed by atoms with Gasteiger partial charge in [-0.2, -0.15) is 4.98 Å². The average Bonchev–Trinajstić information content (AvgIpc) is 3.05. The van der Waals surface area contributed by atoms with Crippen LogP contribution in [0.1, 0.15) is 25.7 Å². The van der Waals surface area contributed by atoms with Crippen LogP contribution in [0.15, 0.2) is 33.7 Å². The largest absolute Gasteiger partial charge is 0.334 e. The van der Waals surface area contributed by atoms with Crippen molar-refractivity contribution in [1.82, 2.24) is 20.4 Å². The van der Waals surface area contributed by atoms with Crippen molar-refractivity contribution in [2.75, 3.05) is 26.7 Å². The Kier molecular flexibility index (Phi) is 4.71. The molecule has 8 heteroatoms. The highest BCUT2D eigenvalue weighted by Crippen LogP contribution is 2.30. The second-order valence-electron chi connectivity index (χ2n) is 6.25. The molecule has 7 nitrogen and oxygen atoms in total. The van der Waals surface area contributed by atoms with Gasteiger partial charge in [-0.05, 0) is 33.0 Å². The van der Waals surface area contributed by atoms with E-state index in [0.717, 1.165) is 19.6 Å². The molecule has 1 aliphatic rings. The second-order valence-corrected chi connectivity index (χ2v) is 8.72. The summed E-state index contributed by atoms with van der Waals surface area (Å²) < 4.78 is 30.5. The minimum atomic E-state index is -3.43. The van der Waals surface area contributed by atoms with E-state index in [1.165, 1.54) is 0 Å². The van der Waals surface area contributed by atoms with Gasteiger partial charge >= 0.3 is 0 Å². The van der Waals surface area contributed by atoms with Crippen molar-refractivity contribution in [3.05, 3.63) is 30.1 Å². The first kappa shape index (κ1) is 17.1. The molecule has 1 aromatic heterocycles. The van der Waals surface area contributed by atoms with Crippen molar-refractivity contribution >= 4 is 9.84 Å². The monoisotopic (exact) mass is 350 g/mol. The van der Waals surface area contributed by atoms with Crippen molar-refractivity contribution in [2.45, 2.75) is 30.0 Å². The molecule has 130 valence electrons. The molecule has 0 aliphatic carbocycles. The molecule has 1 aliphatic heterocycles. The van der Waals surface area contributed by atoms with Gasteiger partial charge in [0.15, 0.2) is 15.7 Å². The number of likely N-dealkylation sites (N-methyl/N-ethyl adjacent to an activating group) is 1. The molecule has 1 N–H and O–H groups in total. The highest BCUT2D eigenvalue weighted by Gasteiger charge is 2.28. The maximum Gasteiger partial charge on any atom is 0.259 e. The first-order chi connectivity index (χ1) is 11.4. The maximum atomic E-state index is 12.6. The van der Waals surface area contributed by atoms with Crippen LogP contribution in [0.4, 0.5) is 0 Å². The minimum absolute atomic E-state index is 0.0186. The van der Waals surface area contributed by atoms with Gasteiger partial charge in [-0.15, -0.1) is 0 Å². The van der Waals surface area contributed by atoms with E-state index >= 15 is 0 Å². The zero-order chi connectivity index (χ0) is 17.3. The third-order valence-electron chi connectivity index (χ3n) is 4.30. The van der Waals surface area contributed by atoms with Crippen molar-refractivity contribution in [3.8, 4) is 11.5 Å². The molecule has 0 bridgehead atoms. The van der Waals surface area contributed by atoms with E-state index in [2.05, 4.69) is 20.4 Å². The van der Waals surface area contributed by atoms with Crippen LogP contribution in [0.3, 0.4) is 0 Å². The number of rotatable bonds is 4. The molecule has 3 rings (SSSR count). The molecule has 0 amide bonds. The van der Waals surface area contributed by atoms with E-state index in [0.29, 0.717) is 11.4 Å². The van der Waals surface area contributed by atoms with Crippen LogP contribution in [-0.4, -0.2) is 55.4 Å². The van der Waals surface area contributed by atoms with Crippen molar-refractivity contribution in [1.29, 1.82) is 0 Å². The zero-order valence-electron chi connectivity index (χ0n) is 14.1. The van der Waals surface area contributed by atoms with Crippen LogP contribution >= 0.6 is 0 Å². The van der Waals surface area contributed by atoms with Gasteiger partial charge in [0.1, 0.15) is 0 Å². The van der Waals surface area contributed by atoms with Gasteiger partial charge in [0.05, 0.1) is 21.8 Å². The fourth-order valence-corrected chi connectivity index (χ4v) is 3.96. The Balaban J connectivity index is 2.00. The molecule has 1 aromatic carbocycles. The van der Waals surface area contributed by atoms with E-state index in [9.17, 15) is 8.42 Å². The number of piperazine rings is 1. The molecule has 1 atom stereocenters. The highest BCUT2D eigenvalue weighted by molar-refractivity contribution is 7.92. The van der Waals surface area contributed by atoms with Crippen molar-refractivity contribution in [2.24, 2.45) is 0 Å². The quantitative estimate of drug-likeness (QED) is 0.894. The molecule has 1 fully saturated rings. The van der Waals surface area contributed by atoms with Gasteiger partial charge in [-0.1, -0.05) is 17.3 Å². The fraction of sp³-hybridized carbons (Fsp3) is 0.500. The number of hydrogen-bond donors (Lipinski definition) is 1. The normalized spacial score (nSPS) is 19.8. The molecule has 2 heterocycles. The zero-order valence-corrected chi connectivity index (χ0v) is 14.9. The molecule has 0 radical (unpaired) electrons. The van der Waals surface area contributed by atoms with Crippen molar-refractivity contribution in [3.63, 3.8) is 0 Å². The van der Waals surface area contributed by atoms with Crippen LogP contribution in [0.25, 0.3) is 11.5 Å². The number of hydrogen-bond acceptors (Lipinski definition) is 7. The smallest absolute Gasteiger partial charge is 0.259 e. The van der Waals surface area contributed by atoms with Crippen LogP contribution in [-0.2, 0) is 9.84 Å². The van der Waals surface area contributed by atoms with Crippen LogP contribution in [0.2, 0.25) is 0 Å². The van der Waals surface area contributed by atoms with E-state index in [4.69, 9.17) is 4.52 Å². The predicted molar refractivity (Wildman–Crippen MR) is 90.3 cm³/mol. The Bertz CT molecular complexity index is 816. The molecular weight excluding hydrogens is 328 g/mol. The molecule has 0 saturated carbocycles. The Morgan fingerprint density at radius 3 is 2.79 bits per heavy atom. The van der Waals surface area contributed by atoms with Crippen molar-refractivity contribution < 1.29 is 12.9 Å². The fourth-order valence-electron chi connectivity index (χ4n) is 2.72. The molecule has 1 unspecified atom stereocenters. The van der Waals surface area contributed by atoms with Gasteiger partial charge in [-0.3, -0.25) is 4.90 Å². The Morgan fingerprint density at radius 2 is 2.08 bits per heavy atom. The van der Waals surface area contributed by atoms with Crippen LogP contribution in [0.5, 0.6) is 0 Å². The summed E-state index contributed by atoms with van der Waals surface area (Å²) >= 11 is 0. The van der Waals surface area contributed by atoms with Gasteiger partial charge < -0.3 is 9.84 Å². The molecule has 1 saturated heterocycles. The lowest BCUT2D eigenvalue weighted by Gasteiger charge is -2.30. The van der Waals surface area contributed by atoms with Gasteiger partial charge in [0, 0.05) is 19.6 Å². The SMILES string of the molecule is CC(C)S(=O)(=O)c1ccccc1-c1nc(C2CNCCN2C)no1. The Hall–Kier alpha value is -1.77. The van der Waals surface area contributed by atoms with E-state index in [1.54, 1.807) is 38.1 Å². The summed E-state index contributed by atoms with van der Waals surface area (Å²) in [5.41, 5.74) is 0.455. The number of aromatic nitrogens is 2. The van der Waals surface area contributed by atoms with Gasteiger partial charge in [0.2, 0.25) is 0 Å². The number of nitrogens with one attached hydrogen (secondary N) is 1. The van der Waals surface area contributed by atoms with Gasteiger partial charge in [-0.25, -0.2) is 8.42 Å². The van der Waals surface area contributed by atoms with E-state index in [1.807, 2.05) is 7.05 Å². The molecule has 2 aromatic rings. The van der Waals surface area contributed by atoms with E-state index < -0.39 is 15.1 Å². The first-order valence-electron chi connectivity index (χ1n) is 7.99. The Labute approximate surface area is 142 Å². The van der Waals surface area contributed by atoms with Gasteiger partial charge in [0.25, 0.3) is 5.89 Å². The van der Waals surface area contributed by atoms with Crippen LogP contribution < -0.4 is 5.32 Å². The third kappa shape index (κ3) is 3.09. The summed E-state index contributed by atoms with van der Waals surface area (Å²) in [4.78, 5) is 6.85. The summed E-state index contributed by atoms with van der Waals surface area (Å²) in [5.74, 6) is 0.806. The summed E-state index contributed by atoms with van der Waals surface area (Å²) in [6, 6.07) is 6.78. The molecule has 24 heavy (non-hydrogen) atoms. The summed E-state index contributed by atoms with van der Waals surface area (Å²) in [7, 11) is -1.42. The minimum Gasteiger partial charge on any atom is -0.334 e. The van der Waals surface area contributed by atoms with Crippen LogP contribution in [0, 0.1) is 0 Å². The average molecular weight is 350 g/mol. The maximum absolute atomic E-state index is 12.6. The lowest BCUT2D eigenvalue weighted by molar-refractivity contribution is 0.190. The van der Waals surface area contributed by atoms with E-state index in [-0.39, 0.29) is 16.8 Å². The first-order valence-corrected chi connectivity index (χ1v) is 9.53. The third-order valence-corrected chi connectivity index (χ3v) is 6.51. The second kappa shape index (κ2) is 6.62. The highest BCUT2D eigenvalue weighted by atomic mass is 32.2. The Morgan fingerprint density at radius 1 is 1.33 bits per heavy atom. The summed E-state index contributed by atoms with van der Waals surface area (Å²) in [6.45, 7) is 5.88. The topological polar surface area (TPSA) is 88.3 Å². The number of sulfone groups is 1. The predicted octanol–water partition coefficient (Wildman–Crippen LogP) is 1.49. The lowest BCUT2D eigenvalue weighted by atomic mass is 10.2. The summed E-state index contributed by atoms with van der Waals surface area (Å²) in [6.07, 6.45) is 0.